The molecular formula is C28H38N2O2. The van der Waals surface area contributed by atoms with Gasteiger partial charge in [-0.1, -0.05) is 35.9 Å². The smallest absolute Gasteiger partial charge is 0.253 e. The standard InChI is InChI=1S/C28H38N2O2/c1-6-30(7-2)28(31)24-12-8-10-21(17-24)16-22-14-15-25(20-29(3)4)27(18-22)23-11-9-13-26(19-23)32-5/h8-13,16-17,19,25,27H,6-7,14-15,18,20H2,1-5H3/t25-,27+/m1/s1. The zero-order valence-corrected chi connectivity index (χ0v) is 20.3. The summed E-state index contributed by atoms with van der Waals surface area (Å²) in [5, 5.41) is 0. The largest absolute Gasteiger partial charge is 0.497 e. The molecule has 0 N–H and O–H groups in total. The van der Waals surface area contributed by atoms with Crippen molar-refractivity contribution >= 4 is 12.0 Å². The molecule has 0 aliphatic heterocycles. The molecule has 3 rings (SSSR count). The number of hydrogen-bond donors (Lipinski definition) is 0. The van der Waals surface area contributed by atoms with E-state index in [1.165, 1.54) is 17.6 Å². The van der Waals surface area contributed by atoms with Gasteiger partial charge >= 0.3 is 0 Å². The zero-order chi connectivity index (χ0) is 23.1. The van der Waals surface area contributed by atoms with Crippen molar-refractivity contribution in [1.82, 2.24) is 9.80 Å². The summed E-state index contributed by atoms with van der Waals surface area (Å²) in [5.74, 6) is 2.11. The van der Waals surface area contributed by atoms with Crippen molar-refractivity contribution in [3.8, 4) is 5.75 Å². The van der Waals surface area contributed by atoms with Crippen molar-refractivity contribution < 1.29 is 9.53 Å². The maximum Gasteiger partial charge on any atom is 0.253 e. The number of rotatable bonds is 8. The van der Waals surface area contributed by atoms with Gasteiger partial charge in [-0.15, -0.1) is 0 Å². The number of carbonyl (C=O) groups is 1. The highest BCUT2D eigenvalue weighted by atomic mass is 16.5. The summed E-state index contributed by atoms with van der Waals surface area (Å²) >= 11 is 0. The highest BCUT2D eigenvalue weighted by molar-refractivity contribution is 5.94. The Bertz CT molecular complexity index is 931. The van der Waals surface area contributed by atoms with Gasteiger partial charge in [0, 0.05) is 25.2 Å². The second-order valence-corrected chi connectivity index (χ2v) is 9.05. The Balaban J connectivity index is 1.86. The van der Waals surface area contributed by atoms with Crippen LogP contribution >= 0.6 is 0 Å². The van der Waals surface area contributed by atoms with Gasteiger partial charge in [-0.3, -0.25) is 4.79 Å². The van der Waals surface area contributed by atoms with Crippen LogP contribution in [0, 0.1) is 5.92 Å². The number of nitrogens with zero attached hydrogens (tertiary/aromatic N) is 2. The molecule has 172 valence electrons. The molecule has 0 bridgehead atoms. The molecule has 2 atom stereocenters. The van der Waals surface area contributed by atoms with Crippen LogP contribution in [0.5, 0.6) is 5.75 Å². The molecule has 0 aromatic heterocycles. The van der Waals surface area contributed by atoms with Crippen molar-refractivity contribution in [1.29, 1.82) is 0 Å². The molecule has 0 saturated heterocycles. The van der Waals surface area contributed by atoms with Gasteiger partial charge in [-0.05, 0) is 94.4 Å². The Kier molecular flexibility index (Phi) is 8.52. The predicted octanol–water partition coefficient (Wildman–Crippen LogP) is 5.71. The van der Waals surface area contributed by atoms with E-state index in [0.29, 0.717) is 11.8 Å². The molecule has 2 aromatic rings. The Morgan fingerprint density at radius 3 is 2.53 bits per heavy atom. The average Bonchev–Trinajstić information content (AvgIpc) is 2.80. The highest BCUT2D eigenvalue weighted by Gasteiger charge is 2.29. The summed E-state index contributed by atoms with van der Waals surface area (Å²) in [7, 11) is 6.05. The van der Waals surface area contributed by atoms with Gasteiger partial charge in [-0.2, -0.15) is 0 Å². The van der Waals surface area contributed by atoms with E-state index in [-0.39, 0.29) is 5.91 Å². The minimum absolute atomic E-state index is 0.110. The van der Waals surface area contributed by atoms with E-state index in [0.717, 1.165) is 49.4 Å². The fraction of sp³-hybridized carbons (Fsp3) is 0.464. The third-order valence-electron chi connectivity index (χ3n) is 6.56. The Morgan fingerprint density at radius 2 is 1.84 bits per heavy atom. The molecule has 0 heterocycles. The van der Waals surface area contributed by atoms with E-state index in [9.17, 15) is 4.79 Å². The van der Waals surface area contributed by atoms with Gasteiger partial charge < -0.3 is 14.5 Å². The molecule has 4 heteroatoms. The molecule has 32 heavy (non-hydrogen) atoms. The highest BCUT2D eigenvalue weighted by Crippen LogP contribution is 2.42. The lowest BCUT2D eigenvalue weighted by molar-refractivity contribution is 0.0773. The maximum absolute atomic E-state index is 12.8. The number of allylic oxidation sites excluding steroid dienone is 1. The monoisotopic (exact) mass is 434 g/mol. The van der Waals surface area contributed by atoms with Crippen molar-refractivity contribution in [3.05, 3.63) is 70.8 Å². The first-order valence-electron chi connectivity index (χ1n) is 11.8. The van der Waals surface area contributed by atoms with Gasteiger partial charge in [-0.25, -0.2) is 0 Å². The van der Waals surface area contributed by atoms with E-state index in [1.807, 2.05) is 43.0 Å². The third-order valence-corrected chi connectivity index (χ3v) is 6.56. The number of carbonyl (C=O) groups excluding carboxylic acids is 1. The van der Waals surface area contributed by atoms with Crippen LogP contribution in [0.2, 0.25) is 0 Å². The van der Waals surface area contributed by atoms with E-state index in [4.69, 9.17) is 4.74 Å². The number of hydrogen-bond acceptors (Lipinski definition) is 3. The van der Waals surface area contributed by atoms with Crippen molar-refractivity contribution in [2.75, 3.05) is 40.8 Å². The van der Waals surface area contributed by atoms with Gasteiger partial charge in [0.05, 0.1) is 7.11 Å². The SMILES string of the molecule is CCN(CC)C(=O)c1cccc(C=C2CC[C@H](CN(C)C)[C@H](c3cccc(OC)c3)C2)c1. The van der Waals surface area contributed by atoms with Crippen LogP contribution in [0.4, 0.5) is 0 Å². The summed E-state index contributed by atoms with van der Waals surface area (Å²) < 4.78 is 5.50. The summed E-state index contributed by atoms with van der Waals surface area (Å²) in [4.78, 5) is 17.0. The summed E-state index contributed by atoms with van der Waals surface area (Å²) in [6, 6.07) is 16.6. The van der Waals surface area contributed by atoms with Crippen molar-refractivity contribution in [3.63, 3.8) is 0 Å². The van der Waals surface area contributed by atoms with Crippen LogP contribution in [0.1, 0.15) is 60.5 Å². The minimum Gasteiger partial charge on any atom is -0.497 e. The lowest BCUT2D eigenvalue weighted by Crippen LogP contribution is -2.30. The molecule has 1 saturated carbocycles. The summed E-state index contributed by atoms with van der Waals surface area (Å²) in [6.07, 6.45) is 5.62. The third kappa shape index (κ3) is 6.01. The fourth-order valence-corrected chi connectivity index (χ4v) is 4.89. The molecule has 1 fully saturated rings. The molecule has 2 aromatic carbocycles. The molecule has 0 unspecified atom stereocenters. The van der Waals surface area contributed by atoms with Gasteiger partial charge in [0.15, 0.2) is 0 Å². The van der Waals surface area contributed by atoms with Crippen LogP contribution < -0.4 is 4.74 Å². The number of benzene rings is 2. The van der Waals surface area contributed by atoms with Crippen LogP contribution in [-0.4, -0.2) is 56.5 Å². The van der Waals surface area contributed by atoms with Gasteiger partial charge in [0.25, 0.3) is 5.91 Å². The number of methoxy groups -OCH3 is 1. The van der Waals surface area contributed by atoms with E-state index in [2.05, 4.69) is 49.3 Å². The normalized spacial score (nSPS) is 19.9. The van der Waals surface area contributed by atoms with Crippen LogP contribution in [-0.2, 0) is 0 Å². The first kappa shape index (κ1) is 24.1. The Labute approximate surface area is 193 Å². The van der Waals surface area contributed by atoms with E-state index < -0.39 is 0 Å². The van der Waals surface area contributed by atoms with E-state index in [1.54, 1.807) is 7.11 Å². The second-order valence-electron chi connectivity index (χ2n) is 9.05. The topological polar surface area (TPSA) is 32.8 Å². The first-order valence-corrected chi connectivity index (χ1v) is 11.8. The lowest BCUT2D eigenvalue weighted by Gasteiger charge is -2.35. The fourth-order valence-electron chi connectivity index (χ4n) is 4.89. The molecule has 1 amide bonds. The maximum atomic E-state index is 12.8. The molecule has 4 nitrogen and oxygen atoms in total. The molecule has 1 aliphatic rings. The van der Waals surface area contributed by atoms with Crippen molar-refractivity contribution in [2.45, 2.75) is 39.0 Å². The average molecular weight is 435 g/mol. The van der Waals surface area contributed by atoms with Crippen LogP contribution in [0.25, 0.3) is 6.08 Å². The molecule has 1 aliphatic carbocycles. The predicted molar refractivity (Wildman–Crippen MR) is 133 cm³/mol. The summed E-state index contributed by atoms with van der Waals surface area (Å²) in [5.41, 5.74) is 4.70. The molecule has 0 spiro atoms. The number of ether oxygens (including phenoxy) is 1. The Morgan fingerprint density at radius 1 is 1.09 bits per heavy atom. The van der Waals surface area contributed by atoms with Crippen molar-refractivity contribution in [2.24, 2.45) is 5.92 Å². The lowest BCUT2D eigenvalue weighted by atomic mass is 9.73. The van der Waals surface area contributed by atoms with Crippen LogP contribution in [0.3, 0.4) is 0 Å². The Hall–Kier alpha value is -2.59. The van der Waals surface area contributed by atoms with Crippen LogP contribution in [0.15, 0.2) is 54.1 Å². The van der Waals surface area contributed by atoms with Gasteiger partial charge in [0.2, 0.25) is 0 Å². The summed E-state index contributed by atoms with van der Waals surface area (Å²) in [6.45, 7) is 6.60. The molecule has 0 radical (unpaired) electrons. The molecular weight excluding hydrogens is 396 g/mol. The first-order chi connectivity index (χ1) is 15.4. The quantitative estimate of drug-likeness (QED) is 0.534. The van der Waals surface area contributed by atoms with E-state index >= 15 is 0 Å². The van der Waals surface area contributed by atoms with Gasteiger partial charge in [0.1, 0.15) is 5.75 Å². The zero-order valence-electron chi connectivity index (χ0n) is 20.3. The second kappa shape index (κ2) is 11.3. The number of amides is 1. The minimum atomic E-state index is 0.110.